The van der Waals surface area contributed by atoms with Gasteiger partial charge in [0.2, 0.25) is 5.91 Å². The number of amides is 2. The molecule has 0 radical (unpaired) electrons. The van der Waals surface area contributed by atoms with Gasteiger partial charge in [0.05, 0.1) is 6.26 Å². The lowest BCUT2D eigenvalue weighted by molar-refractivity contribution is -0.120. The molecule has 2 amide bonds. The molecule has 0 spiro atoms. The smallest absolute Gasteiger partial charge is 0.286 e. The van der Waals surface area contributed by atoms with Crippen LogP contribution < -0.4 is 16.0 Å². The summed E-state index contributed by atoms with van der Waals surface area (Å²) >= 11 is 0. The topological polar surface area (TPSA) is 83.4 Å². The molecule has 1 atom stereocenters. The van der Waals surface area contributed by atoms with Crippen LogP contribution in [-0.4, -0.2) is 38.0 Å². The zero-order chi connectivity index (χ0) is 14.2. The monoisotopic (exact) mass is 279 g/mol. The SMILES string of the molecule is O=C(CCNC(=O)c1ccco1)NCCC1CCNC1. The maximum absolute atomic E-state index is 11.6. The highest BCUT2D eigenvalue weighted by molar-refractivity contribution is 5.91. The molecule has 1 aliphatic rings. The van der Waals surface area contributed by atoms with Crippen molar-refractivity contribution in [2.24, 2.45) is 5.92 Å². The maximum atomic E-state index is 11.6. The molecular weight excluding hydrogens is 258 g/mol. The summed E-state index contributed by atoms with van der Waals surface area (Å²) in [6.45, 7) is 3.15. The van der Waals surface area contributed by atoms with Crippen molar-refractivity contribution in [3.05, 3.63) is 24.2 Å². The van der Waals surface area contributed by atoms with Gasteiger partial charge < -0.3 is 20.4 Å². The highest BCUT2D eigenvalue weighted by Crippen LogP contribution is 2.10. The summed E-state index contributed by atoms with van der Waals surface area (Å²) in [5.74, 6) is 0.614. The fourth-order valence-corrected chi connectivity index (χ4v) is 2.25. The van der Waals surface area contributed by atoms with Gasteiger partial charge in [0.15, 0.2) is 5.76 Å². The minimum atomic E-state index is -0.292. The van der Waals surface area contributed by atoms with Crippen molar-refractivity contribution in [3.8, 4) is 0 Å². The molecule has 2 heterocycles. The summed E-state index contributed by atoms with van der Waals surface area (Å²) < 4.78 is 4.96. The average molecular weight is 279 g/mol. The zero-order valence-electron chi connectivity index (χ0n) is 11.5. The Bertz CT molecular complexity index is 425. The lowest BCUT2D eigenvalue weighted by atomic mass is 10.1. The number of hydrogen-bond acceptors (Lipinski definition) is 4. The first-order chi connectivity index (χ1) is 9.75. The molecule has 110 valence electrons. The number of hydrogen-bond donors (Lipinski definition) is 3. The first-order valence-corrected chi connectivity index (χ1v) is 7.05. The quantitative estimate of drug-likeness (QED) is 0.679. The molecular formula is C14H21N3O3. The normalized spacial score (nSPS) is 17.9. The summed E-state index contributed by atoms with van der Waals surface area (Å²) in [5, 5.41) is 8.82. The van der Waals surface area contributed by atoms with Gasteiger partial charge in [0.1, 0.15) is 0 Å². The van der Waals surface area contributed by atoms with Crippen molar-refractivity contribution in [1.29, 1.82) is 0 Å². The number of rotatable bonds is 7. The second-order valence-electron chi connectivity index (χ2n) is 4.98. The van der Waals surface area contributed by atoms with Crippen LogP contribution in [0.2, 0.25) is 0 Å². The van der Waals surface area contributed by atoms with Crippen LogP contribution in [-0.2, 0) is 4.79 Å². The Morgan fingerprint density at radius 3 is 2.95 bits per heavy atom. The third-order valence-electron chi connectivity index (χ3n) is 3.42. The van der Waals surface area contributed by atoms with Gasteiger partial charge in [-0.05, 0) is 44.0 Å². The molecule has 1 aromatic heterocycles. The van der Waals surface area contributed by atoms with E-state index in [1.165, 1.54) is 12.7 Å². The van der Waals surface area contributed by atoms with E-state index < -0.39 is 0 Å². The summed E-state index contributed by atoms with van der Waals surface area (Å²) in [7, 11) is 0. The van der Waals surface area contributed by atoms with Crippen LogP contribution in [0.4, 0.5) is 0 Å². The molecule has 6 heteroatoms. The average Bonchev–Trinajstić information content (AvgIpc) is 3.12. The maximum Gasteiger partial charge on any atom is 0.286 e. The third kappa shape index (κ3) is 4.70. The van der Waals surface area contributed by atoms with Crippen LogP contribution in [0.5, 0.6) is 0 Å². The summed E-state index contributed by atoms with van der Waals surface area (Å²) in [5.41, 5.74) is 0. The van der Waals surface area contributed by atoms with E-state index >= 15 is 0 Å². The Labute approximate surface area is 118 Å². The van der Waals surface area contributed by atoms with Crippen LogP contribution in [0.3, 0.4) is 0 Å². The summed E-state index contributed by atoms with van der Waals surface area (Å²) in [6.07, 6.45) is 3.93. The van der Waals surface area contributed by atoms with Gasteiger partial charge in [-0.15, -0.1) is 0 Å². The summed E-state index contributed by atoms with van der Waals surface area (Å²) in [4.78, 5) is 23.1. The van der Waals surface area contributed by atoms with Crippen molar-refractivity contribution >= 4 is 11.8 Å². The van der Waals surface area contributed by atoms with Crippen molar-refractivity contribution in [2.45, 2.75) is 19.3 Å². The van der Waals surface area contributed by atoms with Crippen LogP contribution in [0.15, 0.2) is 22.8 Å². The van der Waals surface area contributed by atoms with E-state index in [9.17, 15) is 9.59 Å². The lowest BCUT2D eigenvalue weighted by Gasteiger charge is -2.09. The van der Waals surface area contributed by atoms with Crippen molar-refractivity contribution < 1.29 is 14.0 Å². The van der Waals surface area contributed by atoms with E-state index in [0.717, 1.165) is 19.5 Å². The Balaban J connectivity index is 1.52. The van der Waals surface area contributed by atoms with Crippen molar-refractivity contribution in [3.63, 3.8) is 0 Å². The van der Waals surface area contributed by atoms with Gasteiger partial charge in [0.25, 0.3) is 5.91 Å². The van der Waals surface area contributed by atoms with Crippen LogP contribution in [0.1, 0.15) is 29.8 Å². The van der Waals surface area contributed by atoms with Gasteiger partial charge in [0, 0.05) is 19.5 Å². The van der Waals surface area contributed by atoms with Gasteiger partial charge in [-0.2, -0.15) is 0 Å². The minimum absolute atomic E-state index is 0.0318. The van der Waals surface area contributed by atoms with Gasteiger partial charge in [-0.3, -0.25) is 9.59 Å². The zero-order valence-corrected chi connectivity index (χ0v) is 11.5. The molecule has 1 fully saturated rings. The Morgan fingerprint density at radius 1 is 1.35 bits per heavy atom. The molecule has 1 aromatic rings. The predicted octanol–water partition coefficient (Wildman–Crippen LogP) is 0.515. The fourth-order valence-electron chi connectivity index (χ4n) is 2.25. The van der Waals surface area contributed by atoms with Crippen LogP contribution >= 0.6 is 0 Å². The highest BCUT2D eigenvalue weighted by Gasteiger charge is 2.14. The largest absolute Gasteiger partial charge is 0.459 e. The molecule has 6 nitrogen and oxygen atoms in total. The molecule has 0 saturated carbocycles. The van der Waals surface area contributed by atoms with E-state index in [1.807, 2.05) is 0 Å². The Hall–Kier alpha value is -1.82. The molecule has 0 bridgehead atoms. The van der Waals surface area contributed by atoms with Crippen LogP contribution in [0.25, 0.3) is 0 Å². The second kappa shape index (κ2) is 7.69. The third-order valence-corrected chi connectivity index (χ3v) is 3.42. The number of nitrogens with one attached hydrogen (secondary N) is 3. The molecule has 1 aliphatic heterocycles. The van der Waals surface area contributed by atoms with E-state index in [0.29, 0.717) is 19.0 Å². The van der Waals surface area contributed by atoms with Gasteiger partial charge >= 0.3 is 0 Å². The fraction of sp³-hybridized carbons (Fsp3) is 0.571. The van der Waals surface area contributed by atoms with Crippen LogP contribution in [0, 0.1) is 5.92 Å². The molecule has 3 N–H and O–H groups in total. The van der Waals surface area contributed by atoms with Crippen molar-refractivity contribution in [2.75, 3.05) is 26.2 Å². The van der Waals surface area contributed by atoms with Crippen molar-refractivity contribution in [1.82, 2.24) is 16.0 Å². The number of furan rings is 1. The van der Waals surface area contributed by atoms with E-state index in [2.05, 4.69) is 16.0 Å². The van der Waals surface area contributed by atoms with E-state index in [1.54, 1.807) is 12.1 Å². The van der Waals surface area contributed by atoms with Gasteiger partial charge in [-0.1, -0.05) is 0 Å². The molecule has 0 aromatic carbocycles. The molecule has 0 aliphatic carbocycles. The van der Waals surface area contributed by atoms with Gasteiger partial charge in [-0.25, -0.2) is 0 Å². The highest BCUT2D eigenvalue weighted by atomic mass is 16.3. The summed E-state index contributed by atoms with van der Waals surface area (Å²) in [6, 6.07) is 3.24. The molecule has 2 rings (SSSR count). The number of carbonyl (C=O) groups excluding carboxylic acids is 2. The molecule has 20 heavy (non-hydrogen) atoms. The standard InChI is InChI=1S/C14H21N3O3/c18-13(16-7-4-11-3-6-15-10-11)5-8-17-14(19)12-2-1-9-20-12/h1-2,9,11,15H,3-8,10H2,(H,16,18)(H,17,19). The first kappa shape index (κ1) is 14.6. The molecule has 1 unspecified atom stereocenters. The first-order valence-electron chi connectivity index (χ1n) is 7.05. The Morgan fingerprint density at radius 2 is 2.25 bits per heavy atom. The lowest BCUT2D eigenvalue weighted by Crippen LogP contribution is -2.31. The minimum Gasteiger partial charge on any atom is -0.459 e. The number of carbonyl (C=O) groups is 2. The predicted molar refractivity (Wildman–Crippen MR) is 74.3 cm³/mol. The Kier molecular flexibility index (Phi) is 5.61. The molecule has 1 saturated heterocycles. The second-order valence-corrected chi connectivity index (χ2v) is 4.98. The van der Waals surface area contributed by atoms with E-state index in [4.69, 9.17) is 4.42 Å². The van der Waals surface area contributed by atoms with E-state index in [-0.39, 0.29) is 24.0 Å².